The highest BCUT2D eigenvalue weighted by Gasteiger charge is 2.04. The first kappa shape index (κ1) is 36.9. The van der Waals surface area contributed by atoms with Crippen LogP contribution in [0, 0.1) is 0 Å². The van der Waals surface area contributed by atoms with Gasteiger partial charge in [0.15, 0.2) is 0 Å². The molecule has 0 radical (unpaired) electrons. The van der Waals surface area contributed by atoms with E-state index in [1.165, 1.54) is 186 Å². The maximum atomic E-state index is 2.72. The molecule has 0 aliphatic carbocycles. The molecule has 0 amide bonds. The van der Waals surface area contributed by atoms with Crippen molar-refractivity contribution in [2.45, 2.75) is 181 Å². The molecule has 0 aromatic heterocycles. The smallest absolute Gasteiger partial charge is 0.0166 e. The van der Waals surface area contributed by atoms with Crippen molar-refractivity contribution in [1.82, 2.24) is 4.90 Å². The van der Waals surface area contributed by atoms with Gasteiger partial charge in [-0.1, -0.05) is 210 Å². The Balaban J connectivity index is 2.10. The summed E-state index contributed by atoms with van der Waals surface area (Å²) >= 11 is 0. The second-order valence-corrected chi connectivity index (χ2v) is 12.6. The van der Waals surface area contributed by atoms with Gasteiger partial charge in [-0.05, 0) is 31.5 Å². The van der Waals surface area contributed by atoms with Crippen LogP contribution in [0.3, 0.4) is 0 Å². The summed E-state index contributed by atoms with van der Waals surface area (Å²) in [4.78, 5) is 2.72. The van der Waals surface area contributed by atoms with Gasteiger partial charge in [-0.3, -0.25) is 4.90 Å². The van der Waals surface area contributed by atoms with E-state index in [9.17, 15) is 0 Å². The molecule has 1 rings (SSSR count). The minimum Gasteiger partial charge on any atom is -0.300 e. The van der Waals surface area contributed by atoms with Crippen LogP contribution in [0.4, 0.5) is 0 Å². The van der Waals surface area contributed by atoms with E-state index >= 15 is 0 Å². The number of nitrogens with zero attached hydrogens (tertiary/aromatic N) is 1. The van der Waals surface area contributed by atoms with Crippen molar-refractivity contribution >= 4 is 6.08 Å². The van der Waals surface area contributed by atoms with Crippen molar-refractivity contribution in [3.63, 3.8) is 0 Å². The van der Waals surface area contributed by atoms with Crippen LogP contribution in [0.25, 0.3) is 6.08 Å². The van der Waals surface area contributed by atoms with Crippen molar-refractivity contribution in [2.75, 3.05) is 19.6 Å². The minimum atomic E-state index is 1.10. The van der Waals surface area contributed by atoms with E-state index in [0.29, 0.717) is 0 Å². The van der Waals surface area contributed by atoms with E-state index in [1.807, 2.05) is 0 Å². The average molecular weight is 554 g/mol. The molecule has 1 heteroatoms. The highest BCUT2D eigenvalue weighted by molar-refractivity contribution is 5.48. The SMILES string of the molecule is CCCCCCCCCCCCCCCN(CC=Cc1ccccc1)CCCCCCCCCCCCCCC. The number of hydrogen-bond acceptors (Lipinski definition) is 1. The molecule has 0 saturated carbocycles. The van der Waals surface area contributed by atoms with Crippen LogP contribution in [0.2, 0.25) is 0 Å². The molecule has 0 unspecified atom stereocenters. The molecule has 0 spiro atoms. The number of rotatable bonds is 31. The summed E-state index contributed by atoms with van der Waals surface area (Å²) in [7, 11) is 0. The summed E-state index contributed by atoms with van der Waals surface area (Å²) in [6.07, 6.45) is 42.1. The topological polar surface area (TPSA) is 3.24 Å². The Labute approximate surface area is 253 Å². The number of unbranched alkanes of at least 4 members (excludes halogenated alkanes) is 24. The molecular weight excluding hydrogens is 482 g/mol. The third kappa shape index (κ3) is 25.9. The Kier molecular flexibility index (Phi) is 28.5. The largest absolute Gasteiger partial charge is 0.300 e. The van der Waals surface area contributed by atoms with Crippen LogP contribution in [0.15, 0.2) is 36.4 Å². The standard InChI is InChI=1S/C39H71N/c1-3-5-7-9-11-13-15-17-19-21-23-25-30-36-40(38-32-35-39-33-28-27-29-34-39)37-31-26-24-22-20-18-16-14-12-10-8-6-4-2/h27-29,32-35H,3-26,30-31,36-38H2,1-2H3. The van der Waals surface area contributed by atoms with Crippen molar-refractivity contribution in [3.05, 3.63) is 42.0 Å². The van der Waals surface area contributed by atoms with Crippen LogP contribution in [0.1, 0.15) is 186 Å². The molecule has 232 valence electrons. The highest BCUT2D eigenvalue weighted by atomic mass is 15.1. The third-order valence-electron chi connectivity index (χ3n) is 8.63. The zero-order valence-electron chi connectivity index (χ0n) is 27.5. The summed E-state index contributed by atoms with van der Waals surface area (Å²) in [6, 6.07) is 10.8. The van der Waals surface area contributed by atoms with Crippen molar-refractivity contribution < 1.29 is 0 Å². The molecule has 0 heterocycles. The maximum Gasteiger partial charge on any atom is 0.0166 e. The molecule has 0 bridgehead atoms. The van der Waals surface area contributed by atoms with E-state index in [1.54, 1.807) is 0 Å². The van der Waals surface area contributed by atoms with Gasteiger partial charge in [-0.15, -0.1) is 0 Å². The van der Waals surface area contributed by atoms with Crippen LogP contribution in [0.5, 0.6) is 0 Å². The lowest BCUT2D eigenvalue weighted by atomic mass is 10.0. The fourth-order valence-corrected chi connectivity index (χ4v) is 5.90. The lowest BCUT2D eigenvalue weighted by Gasteiger charge is -2.20. The summed E-state index contributed by atoms with van der Waals surface area (Å²) in [5.41, 5.74) is 1.32. The molecule has 0 aliphatic heterocycles. The van der Waals surface area contributed by atoms with Crippen LogP contribution < -0.4 is 0 Å². The molecule has 1 nitrogen and oxygen atoms in total. The van der Waals surface area contributed by atoms with Gasteiger partial charge in [0.25, 0.3) is 0 Å². The molecule has 0 N–H and O–H groups in total. The van der Waals surface area contributed by atoms with Crippen LogP contribution >= 0.6 is 0 Å². The monoisotopic (exact) mass is 554 g/mol. The molecule has 40 heavy (non-hydrogen) atoms. The van der Waals surface area contributed by atoms with Gasteiger partial charge in [-0.2, -0.15) is 0 Å². The molecular formula is C39H71N. The first-order chi connectivity index (χ1) is 19.9. The van der Waals surface area contributed by atoms with E-state index < -0.39 is 0 Å². The van der Waals surface area contributed by atoms with Gasteiger partial charge in [0, 0.05) is 6.54 Å². The first-order valence-electron chi connectivity index (χ1n) is 18.3. The summed E-state index contributed by atoms with van der Waals surface area (Å²) < 4.78 is 0. The predicted octanol–water partition coefficient (Wildman–Crippen LogP) is 13.2. The van der Waals surface area contributed by atoms with Crippen LogP contribution in [-0.4, -0.2) is 24.5 Å². The fourth-order valence-electron chi connectivity index (χ4n) is 5.90. The second kappa shape index (κ2) is 30.9. The predicted molar refractivity (Wildman–Crippen MR) is 183 cm³/mol. The normalized spacial score (nSPS) is 11.8. The Morgan fingerprint density at radius 3 is 1.10 bits per heavy atom. The molecule has 0 aliphatic rings. The van der Waals surface area contributed by atoms with Crippen LogP contribution in [-0.2, 0) is 0 Å². The van der Waals surface area contributed by atoms with E-state index in [0.717, 1.165) is 6.54 Å². The maximum absolute atomic E-state index is 2.72. The fraction of sp³-hybridized carbons (Fsp3) is 0.795. The van der Waals surface area contributed by atoms with Crippen molar-refractivity contribution in [2.24, 2.45) is 0 Å². The molecule has 0 saturated heterocycles. The first-order valence-corrected chi connectivity index (χ1v) is 18.3. The Bertz CT molecular complexity index is 591. The average Bonchev–Trinajstić information content (AvgIpc) is 2.98. The molecule has 0 fully saturated rings. The molecule has 1 aromatic rings. The minimum absolute atomic E-state index is 1.10. The highest BCUT2D eigenvalue weighted by Crippen LogP contribution is 2.15. The van der Waals surface area contributed by atoms with Gasteiger partial charge in [0.2, 0.25) is 0 Å². The van der Waals surface area contributed by atoms with E-state index in [-0.39, 0.29) is 0 Å². The summed E-state index contributed by atoms with van der Waals surface area (Å²) in [6.45, 7) is 8.26. The van der Waals surface area contributed by atoms with Gasteiger partial charge < -0.3 is 0 Å². The lowest BCUT2D eigenvalue weighted by molar-refractivity contribution is 0.286. The van der Waals surface area contributed by atoms with Gasteiger partial charge in [0.1, 0.15) is 0 Å². The van der Waals surface area contributed by atoms with Gasteiger partial charge in [0.05, 0.1) is 0 Å². The Morgan fingerprint density at radius 2 is 0.750 bits per heavy atom. The number of hydrogen-bond donors (Lipinski definition) is 0. The summed E-state index contributed by atoms with van der Waals surface area (Å²) in [5.74, 6) is 0. The Morgan fingerprint density at radius 1 is 0.425 bits per heavy atom. The zero-order chi connectivity index (χ0) is 28.6. The Hall–Kier alpha value is -1.08. The molecule has 0 atom stereocenters. The van der Waals surface area contributed by atoms with Crippen molar-refractivity contribution in [1.29, 1.82) is 0 Å². The number of benzene rings is 1. The lowest BCUT2D eigenvalue weighted by Crippen LogP contribution is -2.26. The second-order valence-electron chi connectivity index (χ2n) is 12.6. The third-order valence-corrected chi connectivity index (χ3v) is 8.63. The van der Waals surface area contributed by atoms with Crippen molar-refractivity contribution in [3.8, 4) is 0 Å². The quantitative estimate of drug-likeness (QED) is 0.0826. The van der Waals surface area contributed by atoms with E-state index in [2.05, 4.69) is 61.2 Å². The van der Waals surface area contributed by atoms with E-state index in [4.69, 9.17) is 0 Å². The molecule has 1 aromatic carbocycles. The zero-order valence-corrected chi connectivity index (χ0v) is 27.5. The van der Waals surface area contributed by atoms with Gasteiger partial charge in [-0.25, -0.2) is 0 Å². The van der Waals surface area contributed by atoms with Gasteiger partial charge >= 0.3 is 0 Å². The summed E-state index contributed by atoms with van der Waals surface area (Å²) in [5, 5.41) is 0.